The topological polar surface area (TPSA) is 93.8 Å². The fourth-order valence-corrected chi connectivity index (χ4v) is 2.59. The molecule has 7 heteroatoms. The number of halogens is 1. The molecule has 0 aromatic heterocycles. The standard InChI is InChI=1S/C22H18FN3O3/c23-17-6-4-5-16(13-17)22(28)29-19-11-9-15(10-12-19)21(26-24)20(27)14-25-18-7-2-1-3-8-18/h1-13,25H,14,24H2/b26-21+. The predicted octanol–water partition coefficient (Wildman–Crippen LogP) is 3.39. The number of esters is 1. The first-order chi connectivity index (χ1) is 14.1. The molecule has 3 aromatic rings. The summed E-state index contributed by atoms with van der Waals surface area (Å²) in [5, 5.41) is 6.60. The van der Waals surface area contributed by atoms with Crippen LogP contribution in [0.3, 0.4) is 0 Å². The molecular formula is C22H18FN3O3. The van der Waals surface area contributed by atoms with Crippen LogP contribution in [0.25, 0.3) is 0 Å². The van der Waals surface area contributed by atoms with Gasteiger partial charge in [-0.1, -0.05) is 24.3 Å². The zero-order valence-electron chi connectivity index (χ0n) is 15.3. The van der Waals surface area contributed by atoms with E-state index in [1.165, 1.54) is 30.3 Å². The minimum absolute atomic E-state index is 0.0242. The van der Waals surface area contributed by atoms with Crippen molar-refractivity contribution in [2.75, 3.05) is 11.9 Å². The van der Waals surface area contributed by atoms with Crippen molar-refractivity contribution in [3.8, 4) is 5.75 Å². The molecular weight excluding hydrogens is 373 g/mol. The third kappa shape index (κ3) is 5.26. The highest BCUT2D eigenvalue weighted by Crippen LogP contribution is 2.16. The summed E-state index contributed by atoms with van der Waals surface area (Å²) in [5.74, 6) is 4.14. The highest BCUT2D eigenvalue weighted by molar-refractivity contribution is 6.47. The first-order valence-electron chi connectivity index (χ1n) is 8.75. The van der Waals surface area contributed by atoms with Crippen molar-refractivity contribution in [1.82, 2.24) is 0 Å². The minimum Gasteiger partial charge on any atom is -0.423 e. The van der Waals surface area contributed by atoms with Crippen LogP contribution in [-0.2, 0) is 4.79 Å². The van der Waals surface area contributed by atoms with Crippen LogP contribution in [0.5, 0.6) is 5.75 Å². The van der Waals surface area contributed by atoms with E-state index in [9.17, 15) is 14.0 Å². The average molecular weight is 391 g/mol. The Hall–Kier alpha value is -4.00. The first-order valence-corrected chi connectivity index (χ1v) is 8.75. The van der Waals surface area contributed by atoms with E-state index in [1.54, 1.807) is 12.1 Å². The Morgan fingerprint density at radius 1 is 0.931 bits per heavy atom. The molecule has 0 aliphatic heterocycles. The quantitative estimate of drug-likeness (QED) is 0.212. The van der Waals surface area contributed by atoms with Crippen LogP contribution in [0.2, 0.25) is 0 Å². The van der Waals surface area contributed by atoms with Gasteiger partial charge in [-0.2, -0.15) is 5.10 Å². The molecule has 0 radical (unpaired) electrons. The SMILES string of the molecule is N/N=C(/C(=O)CNc1ccccc1)c1ccc(OC(=O)c2cccc(F)c2)cc1. The van der Waals surface area contributed by atoms with Crippen LogP contribution in [0, 0.1) is 5.82 Å². The van der Waals surface area contributed by atoms with Gasteiger partial charge in [0.25, 0.3) is 0 Å². The van der Waals surface area contributed by atoms with E-state index >= 15 is 0 Å². The maximum atomic E-state index is 13.2. The maximum absolute atomic E-state index is 13.2. The minimum atomic E-state index is -0.687. The van der Waals surface area contributed by atoms with Gasteiger partial charge in [0.05, 0.1) is 12.1 Å². The van der Waals surface area contributed by atoms with Crippen LogP contribution in [-0.4, -0.2) is 24.0 Å². The number of nitrogens with zero attached hydrogens (tertiary/aromatic N) is 1. The van der Waals surface area contributed by atoms with Gasteiger partial charge in [0.15, 0.2) is 0 Å². The van der Waals surface area contributed by atoms with E-state index in [4.69, 9.17) is 10.6 Å². The second-order valence-electron chi connectivity index (χ2n) is 6.04. The fourth-order valence-electron chi connectivity index (χ4n) is 2.59. The summed E-state index contributed by atoms with van der Waals surface area (Å²) < 4.78 is 18.4. The Labute approximate surface area is 166 Å². The third-order valence-corrected chi connectivity index (χ3v) is 4.02. The van der Waals surface area contributed by atoms with Gasteiger partial charge in [0.2, 0.25) is 5.78 Å². The molecule has 0 heterocycles. The zero-order chi connectivity index (χ0) is 20.6. The van der Waals surface area contributed by atoms with Crippen LogP contribution in [0.4, 0.5) is 10.1 Å². The lowest BCUT2D eigenvalue weighted by Crippen LogP contribution is -2.25. The second kappa shape index (κ2) is 9.27. The second-order valence-corrected chi connectivity index (χ2v) is 6.04. The number of anilines is 1. The number of carbonyl (C=O) groups is 2. The Morgan fingerprint density at radius 3 is 2.31 bits per heavy atom. The maximum Gasteiger partial charge on any atom is 0.343 e. The number of nitrogens with one attached hydrogen (secondary N) is 1. The van der Waals surface area contributed by atoms with E-state index in [0.717, 1.165) is 11.8 Å². The van der Waals surface area contributed by atoms with Crippen molar-refractivity contribution in [3.63, 3.8) is 0 Å². The third-order valence-electron chi connectivity index (χ3n) is 4.02. The summed E-state index contributed by atoms with van der Waals surface area (Å²) in [6, 6.07) is 20.6. The van der Waals surface area contributed by atoms with Gasteiger partial charge >= 0.3 is 5.97 Å². The van der Waals surface area contributed by atoms with E-state index in [0.29, 0.717) is 5.56 Å². The van der Waals surface area contributed by atoms with Gasteiger partial charge < -0.3 is 15.9 Å². The summed E-state index contributed by atoms with van der Waals surface area (Å²) in [6.45, 7) is 0.0242. The largest absolute Gasteiger partial charge is 0.423 e. The summed E-state index contributed by atoms with van der Waals surface area (Å²) in [5.41, 5.74) is 1.48. The average Bonchev–Trinajstić information content (AvgIpc) is 2.74. The smallest absolute Gasteiger partial charge is 0.343 e. The molecule has 0 fully saturated rings. The Bertz CT molecular complexity index is 1030. The molecule has 3 N–H and O–H groups in total. The lowest BCUT2D eigenvalue weighted by molar-refractivity contribution is -0.111. The highest BCUT2D eigenvalue weighted by atomic mass is 19.1. The molecule has 3 rings (SSSR count). The number of ether oxygens (including phenoxy) is 1. The molecule has 0 aliphatic carbocycles. The number of hydrogen-bond donors (Lipinski definition) is 2. The van der Waals surface area contributed by atoms with Crippen LogP contribution < -0.4 is 15.9 Å². The van der Waals surface area contributed by atoms with E-state index in [2.05, 4.69) is 10.4 Å². The first kappa shape index (κ1) is 19.8. The van der Waals surface area contributed by atoms with Crippen molar-refractivity contribution >= 4 is 23.2 Å². The number of hydrogen-bond acceptors (Lipinski definition) is 6. The van der Waals surface area contributed by atoms with Crippen LogP contribution in [0.15, 0.2) is 84.0 Å². The molecule has 3 aromatic carbocycles. The molecule has 0 bridgehead atoms. The van der Waals surface area contributed by atoms with Crippen molar-refractivity contribution in [3.05, 3.63) is 95.8 Å². The monoisotopic (exact) mass is 391 g/mol. The molecule has 0 saturated carbocycles. The van der Waals surface area contributed by atoms with Gasteiger partial charge in [0, 0.05) is 11.3 Å². The Morgan fingerprint density at radius 2 is 1.66 bits per heavy atom. The normalized spacial score (nSPS) is 11.0. The van der Waals surface area contributed by atoms with Crippen molar-refractivity contribution in [2.24, 2.45) is 10.9 Å². The summed E-state index contributed by atoms with van der Waals surface area (Å²) >= 11 is 0. The highest BCUT2D eigenvalue weighted by Gasteiger charge is 2.15. The summed E-state index contributed by atoms with van der Waals surface area (Å²) in [6.07, 6.45) is 0. The fraction of sp³-hybridized carbons (Fsp3) is 0.0455. The number of carbonyl (C=O) groups excluding carboxylic acids is 2. The molecule has 6 nitrogen and oxygen atoms in total. The van der Waals surface area contributed by atoms with Gasteiger partial charge in [-0.15, -0.1) is 0 Å². The van der Waals surface area contributed by atoms with Gasteiger partial charge in [-0.05, 0) is 54.6 Å². The van der Waals surface area contributed by atoms with Crippen molar-refractivity contribution in [2.45, 2.75) is 0 Å². The summed E-state index contributed by atoms with van der Waals surface area (Å²) in [7, 11) is 0. The number of nitrogens with two attached hydrogens (primary N) is 1. The molecule has 0 atom stereocenters. The predicted molar refractivity (Wildman–Crippen MR) is 108 cm³/mol. The Kier molecular flexibility index (Phi) is 6.32. The molecule has 0 spiro atoms. The molecule has 146 valence electrons. The number of rotatable bonds is 7. The number of hydrazone groups is 1. The van der Waals surface area contributed by atoms with Crippen LogP contribution >= 0.6 is 0 Å². The molecule has 0 unspecified atom stereocenters. The van der Waals surface area contributed by atoms with Crippen molar-refractivity contribution in [1.29, 1.82) is 0 Å². The number of Topliss-reactive ketones (excluding diaryl/α,β-unsaturated/α-hetero) is 1. The van der Waals surface area contributed by atoms with E-state index in [-0.39, 0.29) is 29.4 Å². The molecule has 0 aliphatic rings. The van der Waals surface area contributed by atoms with E-state index < -0.39 is 11.8 Å². The zero-order valence-corrected chi connectivity index (χ0v) is 15.3. The van der Waals surface area contributed by atoms with Crippen molar-refractivity contribution < 1.29 is 18.7 Å². The van der Waals surface area contributed by atoms with Gasteiger partial charge in [0.1, 0.15) is 17.3 Å². The lowest BCUT2D eigenvalue weighted by atomic mass is 10.1. The van der Waals surface area contributed by atoms with E-state index in [1.807, 2.05) is 30.3 Å². The van der Waals surface area contributed by atoms with Crippen LogP contribution in [0.1, 0.15) is 15.9 Å². The number of benzene rings is 3. The lowest BCUT2D eigenvalue weighted by Gasteiger charge is -2.09. The number of para-hydroxylation sites is 1. The molecule has 29 heavy (non-hydrogen) atoms. The summed E-state index contributed by atoms with van der Waals surface area (Å²) in [4.78, 5) is 24.5. The van der Waals surface area contributed by atoms with Gasteiger partial charge in [-0.3, -0.25) is 4.79 Å². The molecule has 0 saturated heterocycles. The number of ketones is 1. The Balaban J connectivity index is 1.64. The molecule has 0 amide bonds. The van der Waals surface area contributed by atoms with Gasteiger partial charge in [-0.25, -0.2) is 9.18 Å².